The largest absolute Gasteiger partial charge is 0.352 e. The second kappa shape index (κ2) is 8.52. The summed E-state index contributed by atoms with van der Waals surface area (Å²) in [6.45, 7) is 1.72. The summed E-state index contributed by atoms with van der Waals surface area (Å²) >= 11 is 0. The number of sulfonamides is 1. The summed E-state index contributed by atoms with van der Waals surface area (Å²) in [5.41, 5.74) is 7.58. The van der Waals surface area contributed by atoms with Crippen LogP contribution in [0.1, 0.15) is 35.2 Å². The Morgan fingerprint density at radius 1 is 1.35 bits per heavy atom. The lowest BCUT2D eigenvalue weighted by Gasteiger charge is -2.29. The second-order valence-electron chi connectivity index (χ2n) is 5.53. The number of hydrogen-bond donors (Lipinski definition) is 2. The van der Waals surface area contributed by atoms with Crippen LogP contribution in [0.25, 0.3) is 0 Å². The predicted octanol–water partition coefficient (Wildman–Crippen LogP) is 1.29. The number of anilines is 1. The fourth-order valence-electron chi connectivity index (χ4n) is 2.62. The molecule has 1 aromatic rings. The van der Waals surface area contributed by atoms with E-state index in [1.54, 1.807) is 18.2 Å². The van der Waals surface area contributed by atoms with Gasteiger partial charge in [0.2, 0.25) is 10.0 Å². The number of amides is 1. The van der Waals surface area contributed by atoms with E-state index in [-0.39, 0.29) is 18.3 Å². The molecule has 0 saturated heterocycles. The van der Waals surface area contributed by atoms with Crippen LogP contribution in [0.5, 0.6) is 0 Å². The van der Waals surface area contributed by atoms with Crippen molar-refractivity contribution >= 4 is 34.0 Å². The van der Waals surface area contributed by atoms with Crippen molar-refractivity contribution in [2.45, 2.75) is 25.7 Å². The number of nitrogens with one attached hydrogen (secondary N) is 1. The number of carbonyl (C=O) groups is 1. The van der Waals surface area contributed by atoms with Crippen LogP contribution in [0.2, 0.25) is 0 Å². The fraction of sp³-hybridized carbons (Fsp3) is 0.533. The molecular weight excluding hydrogens is 338 g/mol. The van der Waals surface area contributed by atoms with E-state index in [0.717, 1.165) is 31.2 Å². The number of nitrogens with two attached hydrogens (primary N) is 1. The van der Waals surface area contributed by atoms with Gasteiger partial charge in [-0.3, -0.25) is 9.10 Å². The third kappa shape index (κ3) is 5.09. The number of halogens is 1. The van der Waals surface area contributed by atoms with Gasteiger partial charge in [-0.1, -0.05) is 0 Å². The summed E-state index contributed by atoms with van der Waals surface area (Å²) in [6.07, 6.45) is 4.50. The average Bonchev–Trinajstić information content (AvgIpc) is 2.49. The first-order valence-corrected chi connectivity index (χ1v) is 9.37. The maximum absolute atomic E-state index is 12.1. The van der Waals surface area contributed by atoms with Gasteiger partial charge in [0.05, 0.1) is 11.9 Å². The zero-order chi connectivity index (χ0) is 16.2. The van der Waals surface area contributed by atoms with Crippen LogP contribution in [-0.4, -0.2) is 40.2 Å². The summed E-state index contributed by atoms with van der Waals surface area (Å²) < 4.78 is 25.0. The normalized spacial score (nSPS) is 13.9. The Morgan fingerprint density at radius 3 is 2.74 bits per heavy atom. The summed E-state index contributed by atoms with van der Waals surface area (Å²) in [5.74, 6) is -0.128. The van der Waals surface area contributed by atoms with Gasteiger partial charge in [0.25, 0.3) is 5.91 Å². The van der Waals surface area contributed by atoms with Crippen molar-refractivity contribution in [1.82, 2.24) is 5.32 Å². The summed E-state index contributed by atoms with van der Waals surface area (Å²) in [5, 5.41) is 2.86. The number of rotatable bonds is 6. The molecule has 8 heteroatoms. The zero-order valence-corrected chi connectivity index (χ0v) is 14.9. The minimum absolute atomic E-state index is 0. The highest BCUT2D eigenvalue weighted by Crippen LogP contribution is 2.29. The number of fused-ring (bicyclic) bond motifs is 1. The smallest absolute Gasteiger partial charge is 0.251 e. The van der Waals surface area contributed by atoms with Crippen LogP contribution >= 0.6 is 12.4 Å². The molecule has 3 N–H and O–H groups in total. The Morgan fingerprint density at radius 2 is 2.09 bits per heavy atom. The highest BCUT2D eigenvalue weighted by molar-refractivity contribution is 7.92. The van der Waals surface area contributed by atoms with Crippen molar-refractivity contribution in [3.63, 3.8) is 0 Å². The summed E-state index contributed by atoms with van der Waals surface area (Å²) in [4.78, 5) is 12.1. The molecule has 2 rings (SSSR count). The molecule has 1 heterocycles. The Labute approximate surface area is 143 Å². The lowest BCUT2D eigenvalue weighted by Crippen LogP contribution is -2.34. The van der Waals surface area contributed by atoms with Crippen molar-refractivity contribution in [1.29, 1.82) is 0 Å². The molecule has 0 aromatic heterocycles. The number of benzene rings is 1. The van der Waals surface area contributed by atoms with Gasteiger partial charge in [0, 0.05) is 18.7 Å². The summed E-state index contributed by atoms with van der Waals surface area (Å²) in [7, 11) is -3.27. The maximum atomic E-state index is 12.1. The van der Waals surface area contributed by atoms with Gasteiger partial charge in [0.15, 0.2) is 0 Å². The number of hydrogen-bond acceptors (Lipinski definition) is 4. The quantitative estimate of drug-likeness (QED) is 0.747. The van der Waals surface area contributed by atoms with Crippen LogP contribution in [-0.2, 0) is 16.4 Å². The van der Waals surface area contributed by atoms with Crippen molar-refractivity contribution < 1.29 is 13.2 Å². The van der Waals surface area contributed by atoms with Gasteiger partial charge in [-0.25, -0.2) is 8.42 Å². The lowest BCUT2D eigenvalue weighted by molar-refractivity contribution is 0.0953. The highest BCUT2D eigenvalue weighted by Gasteiger charge is 2.24. The van der Waals surface area contributed by atoms with E-state index in [2.05, 4.69) is 5.32 Å². The van der Waals surface area contributed by atoms with E-state index < -0.39 is 10.0 Å². The molecule has 1 aliphatic rings. The second-order valence-corrected chi connectivity index (χ2v) is 7.44. The SMILES string of the molecule is CS(=O)(=O)N1CCCc2cc(C(=O)NCCCCN)ccc21.Cl. The molecule has 1 aliphatic heterocycles. The molecule has 1 aromatic carbocycles. The minimum Gasteiger partial charge on any atom is -0.352 e. The number of nitrogens with zero attached hydrogens (tertiary/aromatic N) is 1. The van der Waals surface area contributed by atoms with Gasteiger partial charge < -0.3 is 11.1 Å². The molecule has 0 spiro atoms. The van der Waals surface area contributed by atoms with Gasteiger partial charge in [-0.05, 0) is 56.0 Å². The first-order chi connectivity index (χ1) is 10.4. The first-order valence-electron chi connectivity index (χ1n) is 7.52. The number of unbranched alkanes of at least 4 members (excludes halogenated alkanes) is 1. The Hall–Kier alpha value is -1.31. The van der Waals surface area contributed by atoms with E-state index in [0.29, 0.717) is 30.9 Å². The topological polar surface area (TPSA) is 92.5 Å². The number of aryl methyl sites for hydroxylation is 1. The zero-order valence-electron chi connectivity index (χ0n) is 13.2. The molecule has 6 nitrogen and oxygen atoms in total. The van der Waals surface area contributed by atoms with Gasteiger partial charge in [-0.15, -0.1) is 12.4 Å². The van der Waals surface area contributed by atoms with Crippen molar-refractivity contribution in [3.8, 4) is 0 Å². The van der Waals surface area contributed by atoms with Gasteiger partial charge >= 0.3 is 0 Å². The molecule has 0 radical (unpaired) electrons. The van der Waals surface area contributed by atoms with Crippen LogP contribution in [0, 0.1) is 0 Å². The van der Waals surface area contributed by atoms with E-state index in [9.17, 15) is 13.2 Å². The molecule has 0 aliphatic carbocycles. The lowest BCUT2D eigenvalue weighted by atomic mass is 10.0. The van der Waals surface area contributed by atoms with E-state index in [1.807, 2.05) is 0 Å². The van der Waals surface area contributed by atoms with E-state index >= 15 is 0 Å². The van der Waals surface area contributed by atoms with E-state index in [4.69, 9.17) is 5.73 Å². The monoisotopic (exact) mass is 361 g/mol. The van der Waals surface area contributed by atoms with Crippen LogP contribution in [0.3, 0.4) is 0 Å². The standard InChI is InChI=1S/C15H23N3O3S.ClH/c1-22(20,21)18-10-4-5-12-11-13(6-7-14(12)18)15(19)17-9-3-2-8-16;/h6-7,11H,2-5,8-10,16H2,1H3,(H,17,19);1H. The molecular formula is C15H24ClN3O3S. The van der Waals surface area contributed by atoms with Crippen molar-refractivity contribution in [3.05, 3.63) is 29.3 Å². The molecule has 1 amide bonds. The molecule has 0 atom stereocenters. The molecule has 0 unspecified atom stereocenters. The van der Waals surface area contributed by atoms with Crippen LogP contribution in [0.4, 0.5) is 5.69 Å². The third-order valence-electron chi connectivity index (χ3n) is 3.73. The van der Waals surface area contributed by atoms with Gasteiger partial charge in [0.1, 0.15) is 0 Å². The Kier molecular flexibility index (Phi) is 7.31. The summed E-state index contributed by atoms with van der Waals surface area (Å²) in [6, 6.07) is 5.20. The highest BCUT2D eigenvalue weighted by atomic mass is 35.5. The fourth-order valence-corrected chi connectivity index (χ4v) is 3.62. The third-order valence-corrected chi connectivity index (χ3v) is 4.91. The van der Waals surface area contributed by atoms with Crippen LogP contribution < -0.4 is 15.4 Å². The first kappa shape index (κ1) is 19.7. The molecule has 23 heavy (non-hydrogen) atoms. The molecule has 0 fully saturated rings. The average molecular weight is 362 g/mol. The Balaban J connectivity index is 0.00000264. The van der Waals surface area contributed by atoms with Crippen LogP contribution in [0.15, 0.2) is 18.2 Å². The number of carbonyl (C=O) groups excluding carboxylic acids is 1. The van der Waals surface area contributed by atoms with E-state index in [1.165, 1.54) is 10.6 Å². The van der Waals surface area contributed by atoms with Crippen molar-refractivity contribution in [2.75, 3.05) is 30.2 Å². The Bertz CT molecular complexity index is 649. The maximum Gasteiger partial charge on any atom is 0.251 e. The van der Waals surface area contributed by atoms with Gasteiger partial charge in [-0.2, -0.15) is 0 Å². The molecule has 0 bridgehead atoms. The predicted molar refractivity (Wildman–Crippen MR) is 94.8 cm³/mol. The molecule has 130 valence electrons. The minimum atomic E-state index is -3.27. The molecule has 0 saturated carbocycles. The van der Waals surface area contributed by atoms with Crippen molar-refractivity contribution in [2.24, 2.45) is 5.73 Å².